The minimum atomic E-state index is -0.555. The molecule has 0 unspecified atom stereocenters. The van der Waals surface area contributed by atoms with Gasteiger partial charge in [0.15, 0.2) is 11.0 Å². The number of hydrogen-bond donors (Lipinski definition) is 2. The Kier molecular flexibility index (Phi) is 8.53. The lowest BCUT2D eigenvalue weighted by Crippen LogP contribution is -2.33. The summed E-state index contributed by atoms with van der Waals surface area (Å²) >= 11 is 1.19. The fourth-order valence-electron chi connectivity index (χ4n) is 3.31. The minimum absolute atomic E-state index is 0.0574. The molecule has 0 saturated carbocycles. The van der Waals surface area contributed by atoms with Crippen LogP contribution in [0.25, 0.3) is 0 Å². The Morgan fingerprint density at radius 1 is 1.17 bits per heavy atom. The molecule has 0 spiro atoms. The maximum absolute atomic E-state index is 13.0. The molecule has 2 aromatic carbocycles. The van der Waals surface area contributed by atoms with Crippen LogP contribution in [0.2, 0.25) is 0 Å². The number of rotatable bonds is 10. The minimum Gasteiger partial charge on any atom is -0.342 e. The Morgan fingerprint density at radius 3 is 2.51 bits per heavy atom. The van der Waals surface area contributed by atoms with E-state index in [0.717, 1.165) is 0 Å². The number of halogens is 1. The second-order valence-corrected chi connectivity index (χ2v) is 8.87. The van der Waals surface area contributed by atoms with Crippen molar-refractivity contribution in [2.75, 3.05) is 11.1 Å². The van der Waals surface area contributed by atoms with Gasteiger partial charge in [-0.1, -0.05) is 31.7 Å². The first-order valence-electron chi connectivity index (χ1n) is 10.9. The SMILES string of the molecule is CCn1c(SCC(=O)Nc2ccc(F)cc2)nnc1[C@@H](NC(=O)c1cccc([N+](=O)[O-])c1)C(C)C. The molecule has 0 aliphatic rings. The normalized spacial score (nSPS) is 11.8. The highest BCUT2D eigenvalue weighted by Gasteiger charge is 2.26. The van der Waals surface area contributed by atoms with E-state index < -0.39 is 22.7 Å². The van der Waals surface area contributed by atoms with Gasteiger partial charge in [0.2, 0.25) is 5.91 Å². The van der Waals surface area contributed by atoms with Gasteiger partial charge in [-0.3, -0.25) is 19.7 Å². The number of carbonyl (C=O) groups is 2. The van der Waals surface area contributed by atoms with Crippen molar-refractivity contribution in [2.45, 2.75) is 38.5 Å². The fourth-order valence-corrected chi connectivity index (χ4v) is 4.12. The molecule has 2 amide bonds. The second kappa shape index (κ2) is 11.6. The summed E-state index contributed by atoms with van der Waals surface area (Å²) in [6, 6.07) is 10.5. The van der Waals surface area contributed by atoms with E-state index in [9.17, 15) is 24.1 Å². The van der Waals surface area contributed by atoms with E-state index >= 15 is 0 Å². The molecule has 1 atom stereocenters. The number of nitrogens with one attached hydrogen (secondary N) is 2. The summed E-state index contributed by atoms with van der Waals surface area (Å²) in [5.74, 6) is -0.631. The van der Waals surface area contributed by atoms with Gasteiger partial charge >= 0.3 is 0 Å². The van der Waals surface area contributed by atoms with Crippen LogP contribution in [-0.2, 0) is 11.3 Å². The van der Waals surface area contributed by atoms with Crippen LogP contribution in [0, 0.1) is 21.8 Å². The van der Waals surface area contributed by atoms with E-state index in [2.05, 4.69) is 20.8 Å². The van der Waals surface area contributed by atoms with E-state index in [1.807, 2.05) is 25.3 Å². The van der Waals surface area contributed by atoms with Crippen LogP contribution in [0.1, 0.15) is 43.0 Å². The zero-order valence-corrected chi connectivity index (χ0v) is 20.2. The number of nitrogens with zero attached hydrogens (tertiary/aromatic N) is 4. The van der Waals surface area contributed by atoms with Gasteiger partial charge in [-0.15, -0.1) is 10.2 Å². The van der Waals surface area contributed by atoms with Crippen LogP contribution >= 0.6 is 11.8 Å². The van der Waals surface area contributed by atoms with E-state index in [4.69, 9.17) is 0 Å². The Balaban J connectivity index is 1.72. The maximum Gasteiger partial charge on any atom is 0.270 e. The zero-order chi connectivity index (χ0) is 25.5. The molecule has 12 heteroatoms. The molecular formula is C23H25FN6O4S. The predicted molar refractivity (Wildman–Crippen MR) is 130 cm³/mol. The average molecular weight is 501 g/mol. The van der Waals surface area contributed by atoms with Crippen molar-refractivity contribution in [1.82, 2.24) is 20.1 Å². The molecule has 1 heterocycles. The standard InChI is InChI=1S/C23H25FN6O4S/c1-4-29-21(20(14(2)3)26-22(32)15-6-5-7-18(12-15)30(33)34)27-28-23(29)35-13-19(31)25-17-10-8-16(24)9-11-17/h5-12,14,20H,4,13H2,1-3H3,(H,25,31)(H,26,32)/t20-/m0/s1. The maximum atomic E-state index is 13.0. The lowest BCUT2D eigenvalue weighted by molar-refractivity contribution is -0.384. The molecule has 0 fully saturated rings. The van der Waals surface area contributed by atoms with Crippen LogP contribution in [0.4, 0.5) is 15.8 Å². The van der Waals surface area contributed by atoms with Crippen molar-refractivity contribution in [3.63, 3.8) is 0 Å². The Bertz CT molecular complexity index is 1210. The molecule has 35 heavy (non-hydrogen) atoms. The van der Waals surface area contributed by atoms with Crippen molar-refractivity contribution < 1.29 is 18.9 Å². The lowest BCUT2D eigenvalue weighted by atomic mass is 10.0. The van der Waals surface area contributed by atoms with Crippen molar-refractivity contribution in [1.29, 1.82) is 0 Å². The van der Waals surface area contributed by atoms with Crippen LogP contribution in [0.3, 0.4) is 0 Å². The highest BCUT2D eigenvalue weighted by Crippen LogP contribution is 2.26. The largest absolute Gasteiger partial charge is 0.342 e. The summed E-state index contributed by atoms with van der Waals surface area (Å²) in [6.45, 7) is 6.22. The Morgan fingerprint density at radius 2 is 1.89 bits per heavy atom. The van der Waals surface area contributed by atoms with Gasteiger partial charge in [0.25, 0.3) is 11.6 Å². The molecule has 0 aliphatic carbocycles. The van der Waals surface area contributed by atoms with Gasteiger partial charge in [-0.25, -0.2) is 4.39 Å². The number of thioether (sulfide) groups is 1. The monoisotopic (exact) mass is 500 g/mol. The first-order valence-corrected chi connectivity index (χ1v) is 11.8. The molecule has 3 aromatic rings. The molecule has 1 aromatic heterocycles. The van der Waals surface area contributed by atoms with Gasteiger partial charge in [0.1, 0.15) is 5.82 Å². The number of aromatic nitrogens is 3. The summed E-state index contributed by atoms with van der Waals surface area (Å²) in [5, 5.41) is 25.6. The van der Waals surface area contributed by atoms with Crippen LogP contribution in [0.15, 0.2) is 53.7 Å². The van der Waals surface area contributed by atoms with E-state index in [1.54, 1.807) is 0 Å². The summed E-state index contributed by atoms with van der Waals surface area (Å²) in [6.07, 6.45) is 0. The van der Waals surface area contributed by atoms with Crippen LogP contribution in [-0.4, -0.2) is 37.3 Å². The number of benzene rings is 2. The van der Waals surface area contributed by atoms with Crippen molar-refractivity contribution in [3.8, 4) is 0 Å². The average Bonchev–Trinajstić information content (AvgIpc) is 3.24. The number of carbonyl (C=O) groups excluding carboxylic acids is 2. The van der Waals surface area contributed by atoms with Gasteiger partial charge in [0, 0.05) is 29.9 Å². The summed E-state index contributed by atoms with van der Waals surface area (Å²) in [5.41, 5.74) is 0.478. The fraction of sp³-hybridized carbons (Fsp3) is 0.304. The molecule has 2 N–H and O–H groups in total. The molecule has 184 valence electrons. The first kappa shape index (κ1) is 25.8. The van der Waals surface area contributed by atoms with Gasteiger partial charge < -0.3 is 15.2 Å². The molecular weight excluding hydrogens is 475 g/mol. The number of nitro groups is 1. The van der Waals surface area contributed by atoms with E-state index in [-0.39, 0.29) is 28.8 Å². The predicted octanol–water partition coefficient (Wildman–Crippen LogP) is 4.20. The number of nitro benzene ring substituents is 1. The summed E-state index contributed by atoms with van der Waals surface area (Å²) < 4.78 is 14.9. The topological polar surface area (TPSA) is 132 Å². The van der Waals surface area contributed by atoms with E-state index in [1.165, 1.54) is 60.3 Å². The summed E-state index contributed by atoms with van der Waals surface area (Å²) in [7, 11) is 0. The van der Waals surface area contributed by atoms with Crippen molar-refractivity contribution in [3.05, 3.63) is 75.9 Å². The summed E-state index contributed by atoms with van der Waals surface area (Å²) in [4.78, 5) is 35.7. The third kappa shape index (κ3) is 6.63. The molecule has 0 bridgehead atoms. The third-order valence-electron chi connectivity index (χ3n) is 5.07. The highest BCUT2D eigenvalue weighted by atomic mass is 32.2. The molecule has 0 saturated heterocycles. The van der Waals surface area contributed by atoms with Gasteiger partial charge in [0.05, 0.1) is 16.7 Å². The lowest BCUT2D eigenvalue weighted by Gasteiger charge is -2.22. The van der Waals surface area contributed by atoms with Gasteiger partial charge in [-0.2, -0.15) is 0 Å². The van der Waals surface area contributed by atoms with Crippen molar-refractivity contribution in [2.24, 2.45) is 5.92 Å². The van der Waals surface area contributed by atoms with Gasteiger partial charge in [-0.05, 0) is 43.2 Å². The number of non-ortho nitro benzene ring substituents is 1. The second-order valence-electron chi connectivity index (χ2n) is 7.93. The van der Waals surface area contributed by atoms with Crippen molar-refractivity contribution >= 4 is 35.0 Å². The number of anilines is 1. The van der Waals surface area contributed by atoms with Crippen LogP contribution < -0.4 is 10.6 Å². The first-order chi connectivity index (χ1) is 16.7. The molecule has 3 rings (SSSR count). The Labute approximate surface area is 205 Å². The third-order valence-corrected chi connectivity index (χ3v) is 6.04. The molecule has 0 aliphatic heterocycles. The number of amides is 2. The smallest absolute Gasteiger partial charge is 0.270 e. The number of hydrogen-bond acceptors (Lipinski definition) is 7. The zero-order valence-electron chi connectivity index (χ0n) is 19.4. The Hall–Kier alpha value is -3.80. The highest BCUT2D eigenvalue weighted by molar-refractivity contribution is 7.99. The molecule has 10 nitrogen and oxygen atoms in total. The quantitative estimate of drug-likeness (QED) is 0.242. The molecule has 0 radical (unpaired) electrons. The van der Waals surface area contributed by atoms with Crippen LogP contribution in [0.5, 0.6) is 0 Å². The van der Waals surface area contributed by atoms with E-state index in [0.29, 0.717) is 23.2 Å².